The van der Waals surface area contributed by atoms with Gasteiger partial charge in [-0.2, -0.15) is 5.26 Å². The van der Waals surface area contributed by atoms with E-state index in [1.807, 2.05) is 12.1 Å². The molecule has 2 aromatic rings. The van der Waals surface area contributed by atoms with Gasteiger partial charge in [0.25, 0.3) is 5.91 Å². The average molecular weight is 494 g/mol. The Labute approximate surface area is 188 Å². The minimum Gasteiger partial charge on any atom is -0.488 e. The fourth-order valence-corrected chi connectivity index (χ4v) is 4.04. The van der Waals surface area contributed by atoms with E-state index in [1.54, 1.807) is 36.4 Å². The van der Waals surface area contributed by atoms with E-state index in [2.05, 4.69) is 21.2 Å². The number of carbonyl (C=O) groups is 1. The van der Waals surface area contributed by atoms with Gasteiger partial charge in [-0.15, -0.1) is 0 Å². The van der Waals surface area contributed by atoms with Crippen LogP contribution in [0, 0.1) is 11.3 Å². The summed E-state index contributed by atoms with van der Waals surface area (Å²) in [6.45, 7) is 0.231. The first-order chi connectivity index (χ1) is 14.0. The lowest BCUT2D eigenvalue weighted by Gasteiger charge is -2.13. The first kappa shape index (κ1) is 21.7. The number of nitrogens with zero attached hydrogens (tertiary/aromatic N) is 1. The van der Waals surface area contributed by atoms with E-state index in [9.17, 15) is 10.1 Å². The van der Waals surface area contributed by atoms with Gasteiger partial charge in [-0.25, -0.2) is 0 Å². The van der Waals surface area contributed by atoms with E-state index in [0.717, 1.165) is 35.7 Å². The molecule has 1 fully saturated rings. The van der Waals surface area contributed by atoms with Gasteiger partial charge in [0.2, 0.25) is 0 Å². The maximum Gasteiger partial charge on any atom is 0.262 e. The van der Waals surface area contributed by atoms with Crippen LogP contribution in [0.5, 0.6) is 5.75 Å². The number of benzene rings is 2. The number of ether oxygens (including phenoxy) is 1. The highest BCUT2D eigenvalue weighted by molar-refractivity contribution is 9.10. The summed E-state index contributed by atoms with van der Waals surface area (Å²) in [5, 5.41) is 13.5. The molecular weight excluding hydrogens is 475 g/mol. The van der Waals surface area contributed by atoms with Crippen molar-refractivity contribution in [2.75, 3.05) is 0 Å². The summed E-state index contributed by atoms with van der Waals surface area (Å²) in [6.07, 6.45) is 5.67. The summed E-state index contributed by atoms with van der Waals surface area (Å²) in [6, 6.07) is 12.8. The highest BCUT2D eigenvalue weighted by Gasteiger charge is 2.19. The third-order valence-corrected chi connectivity index (χ3v) is 5.81. The van der Waals surface area contributed by atoms with Gasteiger partial charge in [0, 0.05) is 31.7 Å². The van der Waals surface area contributed by atoms with E-state index in [4.69, 9.17) is 27.9 Å². The Morgan fingerprint density at radius 2 is 2.00 bits per heavy atom. The number of nitriles is 1. The lowest BCUT2D eigenvalue weighted by Crippen LogP contribution is -2.33. The topological polar surface area (TPSA) is 62.1 Å². The van der Waals surface area contributed by atoms with Gasteiger partial charge in [-0.3, -0.25) is 4.79 Å². The van der Waals surface area contributed by atoms with Crippen molar-refractivity contribution in [3.05, 3.63) is 67.6 Å². The fourth-order valence-electron chi connectivity index (χ4n) is 3.20. The molecule has 0 radical (unpaired) electrons. The summed E-state index contributed by atoms with van der Waals surface area (Å²) in [7, 11) is 0. The zero-order valence-electron chi connectivity index (χ0n) is 15.6. The van der Waals surface area contributed by atoms with Gasteiger partial charge >= 0.3 is 0 Å². The summed E-state index contributed by atoms with van der Waals surface area (Å²) in [5.41, 5.74) is 1.46. The third kappa shape index (κ3) is 5.99. The molecule has 1 saturated carbocycles. The molecule has 0 aliphatic heterocycles. The van der Waals surface area contributed by atoms with Gasteiger partial charge in [-0.1, -0.05) is 58.0 Å². The third-order valence-electron chi connectivity index (χ3n) is 4.73. The van der Waals surface area contributed by atoms with Crippen molar-refractivity contribution < 1.29 is 9.53 Å². The van der Waals surface area contributed by atoms with Crippen LogP contribution in [0.25, 0.3) is 6.08 Å². The van der Waals surface area contributed by atoms with Crippen LogP contribution in [0.3, 0.4) is 0 Å². The van der Waals surface area contributed by atoms with E-state index in [-0.39, 0.29) is 24.1 Å². The molecule has 2 aromatic carbocycles. The van der Waals surface area contributed by atoms with Crippen LogP contribution >= 0.6 is 39.1 Å². The lowest BCUT2D eigenvalue weighted by atomic mass is 10.1. The summed E-state index contributed by atoms with van der Waals surface area (Å²) < 4.78 is 6.74. The van der Waals surface area contributed by atoms with Gasteiger partial charge < -0.3 is 10.1 Å². The zero-order valence-corrected chi connectivity index (χ0v) is 18.6. The van der Waals surface area contributed by atoms with Crippen molar-refractivity contribution >= 4 is 51.1 Å². The maximum absolute atomic E-state index is 12.5. The van der Waals surface area contributed by atoms with Gasteiger partial charge in [0.1, 0.15) is 24.0 Å². The number of amides is 1. The zero-order chi connectivity index (χ0) is 20.8. The molecule has 3 rings (SSSR count). The molecule has 0 bridgehead atoms. The first-order valence-corrected chi connectivity index (χ1v) is 10.8. The number of nitrogens with one attached hydrogen (secondary N) is 1. The van der Waals surface area contributed by atoms with Crippen molar-refractivity contribution in [1.82, 2.24) is 5.32 Å². The van der Waals surface area contributed by atoms with Crippen LogP contribution in [0.15, 0.2) is 46.4 Å². The molecular formula is C22H19BrCl2N2O2. The second-order valence-corrected chi connectivity index (χ2v) is 8.59. The van der Waals surface area contributed by atoms with E-state index in [0.29, 0.717) is 21.4 Å². The molecule has 150 valence electrons. The molecule has 0 aromatic heterocycles. The predicted molar refractivity (Wildman–Crippen MR) is 119 cm³/mol. The van der Waals surface area contributed by atoms with Gasteiger partial charge in [0.05, 0.1) is 0 Å². The molecule has 0 unspecified atom stereocenters. The molecule has 1 N–H and O–H groups in total. The second kappa shape index (κ2) is 10.2. The van der Waals surface area contributed by atoms with Crippen molar-refractivity contribution in [2.45, 2.75) is 38.3 Å². The second-order valence-electron chi connectivity index (χ2n) is 6.83. The van der Waals surface area contributed by atoms with Crippen molar-refractivity contribution in [1.29, 1.82) is 5.26 Å². The number of hydrogen-bond donors (Lipinski definition) is 1. The number of hydrogen-bond acceptors (Lipinski definition) is 3. The van der Waals surface area contributed by atoms with E-state index < -0.39 is 0 Å². The Morgan fingerprint density at radius 1 is 1.24 bits per heavy atom. The summed E-state index contributed by atoms with van der Waals surface area (Å²) >= 11 is 15.6. The van der Waals surface area contributed by atoms with Gasteiger partial charge in [0.15, 0.2) is 0 Å². The molecule has 0 heterocycles. The van der Waals surface area contributed by atoms with Crippen molar-refractivity contribution in [3.63, 3.8) is 0 Å². The number of halogens is 3. The SMILES string of the molecule is N#C/C(=C\c1cc(Br)ccc1OCc1ccc(Cl)cc1Cl)C(=O)NC1CCCC1. The number of carbonyl (C=O) groups excluding carboxylic acids is 1. The number of rotatable bonds is 6. The molecule has 0 spiro atoms. The maximum atomic E-state index is 12.5. The Balaban J connectivity index is 1.80. The highest BCUT2D eigenvalue weighted by atomic mass is 79.9. The van der Waals surface area contributed by atoms with Crippen molar-refractivity contribution in [2.24, 2.45) is 0 Å². The molecule has 7 heteroatoms. The van der Waals surface area contributed by atoms with E-state index >= 15 is 0 Å². The normalized spacial score (nSPS) is 14.5. The Bertz CT molecular complexity index is 979. The lowest BCUT2D eigenvalue weighted by molar-refractivity contribution is -0.117. The quantitative estimate of drug-likeness (QED) is 0.379. The Hall–Kier alpha value is -2.00. The first-order valence-electron chi connectivity index (χ1n) is 9.25. The molecule has 1 aliphatic rings. The minimum atomic E-state index is -0.355. The molecule has 0 saturated heterocycles. The van der Waals surface area contributed by atoms with Crippen LogP contribution < -0.4 is 10.1 Å². The highest BCUT2D eigenvalue weighted by Crippen LogP contribution is 2.28. The van der Waals surface area contributed by atoms with Crippen LogP contribution in [-0.4, -0.2) is 11.9 Å². The molecule has 0 atom stereocenters. The Morgan fingerprint density at radius 3 is 2.69 bits per heavy atom. The Kier molecular flexibility index (Phi) is 7.60. The van der Waals surface area contributed by atoms with Crippen LogP contribution in [0.4, 0.5) is 0 Å². The largest absolute Gasteiger partial charge is 0.488 e. The molecule has 1 amide bonds. The molecule has 4 nitrogen and oxygen atoms in total. The summed E-state index contributed by atoms with van der Waals surface area (Å²) in [5.74, 6) is 0.187. The van der Waals surface area contributed by atoms with Crippen LogP contribution in [0.1, 0.15) is 36.8 Å². The average Bonchev–Trinajstić information content (AvgIpc) is 3.19. The fraction of sp³-hybridized carbons (Fsp3) is 0.273. The van der Waals surface area contributed by atoms with Crippen LogP contribution in [0.2, 0.25) is 10.0 Å². The monoisotopic (exact) mass is 492 g/mol. The smallest absolute Gasteiger partial charge is 0.262 e. The standard InChI is InChI=1S/C22H19BrCl2N2O2/c23-17-6-8-21(29-13-14-5-7-18(24)11-20(14)25)15(10-17)9-16(12-26)22(28)27-19-3-1-2-4-19/h5-11,19H,1-4,13H2,(H,27,28)/b16-9+. The van der Waals surface area contributed by atoms with Crippen molar-refractivity contribution in [3.8, 4) is 11.8 Å². The van der Waals surface area contributed by atoms with E-state index in [1.165, 1.54) is 0 Å². The predicted octanol–water partition coefficient (Wildman–Crippen LogP) is 6.30. The molecule has 29 heavy (non-hydrogen) atoms. The summed E-state index contributed by atoms with van der Waals surface area (Å²) in [4.78, 5) is 12.5. The molecule has 1 aliphatic carbocycles. The van der Waals surface area contributed by atoms with Gasteiger partial charge in [-0.05, 0) is 49.2 Å². The minimum absolute atomic E-state index is 0.0457. The van der Waals surface area contributed by atoms with Crippen LogP contribution in [-0.2, 0) is 11.4 Å².